The van der Waals surface area contributed by atoms with Crippen molar-refractivity contribution in [2.24, 2.45) is 0 Å². The first-order valence-corrected chi connectivity index (χ1v) is 8.34. The lowest BCUT2D eigenvalue weighted by atomic mass is 10.0. The van der Waals surface area contributed by atoms with Crippen LogP contribution in [0.15, 0.2) is 42.5 Å². The van der Waals surface area contributed by atoms with Crippen LogP contribution in [-0.2, 0) is 17.6 Å². The standard InChI is InChI=1S/C20H23NO5/c1-25-17-9-7-14(13-18(17)26-2)11-12-21-19(22)10-8-15-5-3-4-6-16(15)20(23)24/h3-7,9,13H,8,10-12H2,1-2H3,(H,21,22)(H,23,24). The summed E-state index contributed by atoms with van der Waals surface area (Å²) in [6.07, 6.45) is 1.30. The van der Waals surface area contributed by atoms with Crippen LogP contribution in [0.25, 0.3) is 0 Å². The number of nitrogens with one attached hydrogen (secondary N) is 1. The smallest absolute Gasteiger partial charge is 0.335 e. The summed E-state index contributed by atoms with van der Waals surface area (Å²) < 4.78 is 10.5. The number of methoxy groups -OCH3 is 2. The van der Waals surface area contributed by atoms with Gasteiger partial charge >= 0.3 is 5.97 Å². The number of rotatable bonds is 9. The molecule has 2 rings (SSSR count). The number of carboxylic acids is 1. The van der Waals surface area contributed by atoms with Crippen molar-refractivity contribution in [3.63, 3.8) is 0 Å². The highest BCUT2D eigenvalue weighted by atomic mass is 16.5. The maximum atomic E-state index is 12.0. The Hall–Kier alpha value is -3.02. The van der Waals surface area contributed by atoms with Crippen molar-refractivity contribution in [1.29, 1.82) is 0 Å². The fourth-order valence-corrected chi connectivity index (χ4v) is 2.67. The number of hydrogen-bond donors (Lipinski definition) is 2. The average Bonchev–Trinajstić information content (AvgIpc) is 2.66. The van der Waals surface area contributed by atoms with E-state index >= 15 is 0 Å². The van der Waals surface area contributed by atoms with Gasteiger partial charge in [0.25, 0.3) is 0 Å². The number of carbonyl (C=O) groups excluding carboxylic acids is 1. The number of amides is 1. The van der Waals surface area contributed by atoms with Crippen molar-refractivity contribution in [1.82, 2.24) is 5.32 Å². The van der Waals surface area contributed by atoms with Crippen LogP contribution in [0.5, 0.6) is 11.5 Å². The quantitative estimate of drug-likeness (QED) is 0.721. The Morgan fingerprint density at radius 1 is 1.00 bits per heavy atom. The van der Waals surface area contributed by atoms with E-state index in [-0.39, 0.29) is 17.9 Å². The van der Waals surface area contributed by atoms with Crippen molar-refractivity contribution in [3.8, 4) is 11.5 Å². The molecular formula is C20H23NO5. The highest BCUT2D eigenvalue weighted by molar-refractivity contribution is 5.89. The molecule has 0 spiro atoms. The predicted octanol–water partition coefficient (Wildman–Crippen LogP) is 2.69. The van der Waals surface area contributed by atoms with Gasteiger partial charge in [0, 0.05) is 13.0 Å². The molecular weight excluding hydrogens is 334 g/mol. The van der Waals surface area contributed by atoms with Crippen LogP contribution in [0.1, 0.15) is 27.9 Å². The van der Waals surface area contributed by atoms with Gasteiger partial charge in [0.2, 0.25) is 5.91 Å². The van der Waals surface area contributed by atoms with Crippen molar-refractivity contribution >= 4 is 11.9 Å². The molecule has 0 saturated heterocycles. The minimum Gasteiger partial charge on any atom is -0.493 e. The summed E-state index contributed by atoms with van der Waals surface area (Å²) in [4.78, 5) is 23.2. The van der Waals surface area contributed by atoms with E-state index in [9.17, 15) is 9.59 Å². The number of ether oxygens (including phenoxy) is 2. The van der Waals surface area contributed by atoms with Crippen LogP contribution in [0.4, 0.5) is 0 Å². The van der Waals surface area contributed by atoms with E-state index in [1.54, 1.807) is 38.5 Å². The van der Waals surface area contributed by atoms with Gasteiger partial charge in [-0.05, 0) is 42.2 Å². The number of benzene rings is 2. The number of carbonyl (C=O) groups is 2. The third-order valence-electron chi connectivity index (χ3n) is 4.05. The van der Waals surface area contributed by atoms with Gasteiger partial charge in [-0.15, -0.1) is 0 Å². The van der Waals surface area contributed by atoms with Crippen molar-refractivity contribution in [3.05, 3.63) is 59.2 Å². The normalized spacial score (nSPS) is 10.2. The predicted molar refractivity (Wildman–Crippen MR) is 98.0 cm³/mol. The maximum absolute atomic E-state index is 12.0. The van der Waals surface area contributed by atoms with Crippen LogP contribution in [-0.4, -0.2) is 37.7 Å². The molecule has 138 valence electrons. The molecule has 0 unspecified atom stereocenters. The lowest BCUT2D eigenvalue weighted by molar-refractivity contribution is -0.121. The zero-order valence-corrected chi connectivity index (χ0v) is 15.0. The van der Waals surface area contributed by atoms with Gasteiger partial charge in [0.15, 0.2) is 11.5 Å². The molecule has 6 heteroatoms. The van der Waals surface area contributed by atoms with E-state index in [0.717, 1.165) is 5.56 Å². The Kier molecular flexibility index (Phi) is 7.02. The molecule has 0 radical (unpaired) electrons. The summed E-state index contributed by atoms with van der Waals surface area (Å²) in [6.45, 7) is 0.495. The van der Waals surface area contributed by atoms with Gasteiger partial charge in [-0.3, -0.25) is 4.79 Å². The zero-order valence-electron chi connectivity index (χ0n) is 15.0. The molecule has 0 saturated carbocycles. The summed E-state index contributed by atoms with van der Waals surface area (Å²) in [5.41, 5.74) is 1.93. The third kappa shape index (κ3) is 5.24. The van der Waals surface area contributed by atoms with E-state index in [2.05, 4.69) is 5.32 Å². The Morgan fingerprint density at radius 2 is 1.73 bits per heavy atom. The highest BCUT2D eigenvalue weighted by Crippen LogP contribution is 2.27. The van der Waals surface area contributed by atoms with E-state index in [4.69, 9.17) is 14.6 Å². The lowest BCUT2D eigenvalue weighted by Gasteiger charge is -2.10. The van der Waals surface area contributed by atoms with Gasteiger partial charge in [0.05, 0.1) is 19.8 Å². The fraction of sp³-hybridized carbons (Fsp3) is 0.300. The Balaban J connectivity index is 1.82. The van der Waals surface area contributed by atoms with Gasteiger partial charge in [0.1, 0.15) is 0 Å². The molecule has 26 heavy (non-hydrogen) atoms. The Labute approximate surface area is 152 Å². The number of aryl methyl sites for hydroxylation is 1. The minimum absolute atomic E-state index is 0.106. The molecule has 0 aliphatic rings. The first-order valence-electron chi connectivity index (χ1n) is 8.34. The molecule has 0 fully saturated rings. The summed E-state index contributed by atoms with van der Waals surface area (Å²) in [6, 6.07) is 12.4. The summed E-state index contributed by atoms with van der Waals surface area (Å²) in [5, 5.41) is 12.0. The largest absolute Gasteiger partial charge is 0.493 e. The fourth-order valence-electron chi connectivity index (χ4n) is 2.67. The number of aromatic carboxylic acids is 1. The molecule has 0 bridgehead atoms. The lowest BCUT2D eigenvalue weighted by Crippen LogP contribution is -2.26. The van der Waals surface area contributed by atoms with E-state index in [0.29, 0.717) is 36.4 Å². The van der Waals surface area contributed by atoms with Crippen LogP contribution in [0.2, 0.25) is 0 Å². The summed E-state index contributed by atoms with van der Waals surface area (Å²) in [5.74, 6) is 0.235. The first-order chi connectivity index (χ1) is 12.5. The van der Waals surface area contributed by atoms with Crippen LogP contribution in [0.3, 0.4) is 0 Å². The van der Waals surface area contributed by atoms with E-state index < -0.39 is 5.97 Å². The average molecular weight is 357 g/mol. The maximum Gasteiger partial charge on any atom is 0.335 e. The van der Waals surface area contributed by atoms with Crippen LogP contribution >= 0.6 is 0 Å². The van der Waals surface area contributed by atoms with E-state index in [1.165, 1.54) is 0 Å². The third-order valence-corrected chi connectivity index (χ3v) is 4.05. The molecule has 0 heterocycles. The number of carboxylic acid groups (broad SMARTS) is 1. The Bertz CT molecular complexity index is 773. The molecule has 0 atom stereocenters. The van der Waals surface area contributed by atoms with Gasteiger partial charge in [-0.1, -0.05) is 24.3 Å². The highest BCUT2D eigenvalue weighted by Gasteiger charge is 2.11. The molecule has 0 aliphatic carbocycles. The molecule has 1 amide bonds. The summed E-state index contributed by atoms with van der Waals surface area (Å²) in [7, 11) is 3.17. The number of hydrogen-bond acceptors (Lipinski definition) is 4. The molecule has 6 nitrogen and oxygen atoms in total. The molecule has 2 aromatic rings. The van der Waals surface area contributed by atoms with Crippen molar-refractivity contribution < 1.29 is 24.2 Å². The monoisotopic (exact) mass is 357 g/mol. The molecule has 2 aromatic carbocycles. The van der Waals surface area contributed by atoms with Crippen molar-refractivity contribution in [2.75, 3.05) is 20.8 Å². The second-order valence-corrected chi connectivity index (χ2v) is 5.75. The zero-order chi connectivity index (χ0) is 18.9. The first kappa shape index (κ1) is 19.3. The Morgan fingerprint density at radius 3 is 2.42 bits per heavy atom. The van der Waals surface area contributed by atoms with Gasteiger partial charge in [-0.25, -0.2) is 4.79 Å². The molecule has 2 N–H and O–H groups in total. The van der Waals surface area contributed by atoms with Crippen LogP contribution < -0.4 is 14.8 Å². The minimum atomic E-state index is -0.977. The molecule has 0 aliphatic heterocycles. The van der Waals surface area contributed by atoms with Crippen molar-refractivity contribution in [2.45, 2.75) is 19.3 Å². The second-order valence-electron chi connectivity index (χ2n) is 5.75. The molecule has 0 aromatic heterocycles. The summed E-state index contributed by atoms with van der Waals surface area (Å²) >= 11 is 0. The van der Waals surface area contributed by atoms with Gasteiger partial charge in [-0.2, -0.15) is 0 Å². The van der Waals surface area contributed by atoms with E-state index in [1.807, 2.05) is 18.2 Å². The van der Waals surface area contributed by atoms with Gasteiger partial charge < -0.3 is 19.9 Å². The topological polar surface area (TPSA) is 84.9 Å². The SMILES string of the molecule is COc1ccc(CCNC(=O)CCc2ccccc2C(=O)O)cc1OC. The second kappa shape index (κ2) is 9.46. The van der Waals surface area contributed by atoms with Crippen LogP contribution in [0, 0.1) is 0 Å².